The van der Waals surface area contributed by atoms with Gasteiger partial charge in [0, 0.05) is 37.5 Å². The largest absolute Gasteiger partial charge is 0.335 e. The van der Waals surface area contributed by atoms with Crippen molar-refractivity contribution >= 4 is 23.5 Å². The lowest BCUT2D eigenvalue weighted by molar-refractivity contribution is -0.112. The first kappa shape index (κ1) is 24.9. The minimum absolute atomic E-state index is 0.0513. The number of aromatic nitrogens is 1. The Morgan fingerprint density at radius 2 is 1.85 bits per heavy atom. The number of aldehydes is 1. The summed E-state index contributed by atoms with van der Waals surface area (Å²) in [4.78, 5) is 36.1. The zero-order valence-corrected chi connectivity index (χ0v) is 20.8. The van der Waals surface area contributed by atoms with Crippen LogP contribution in [-0.4, -0.2) is 83.7 Å². The molecule has 0 radical (unpaired) electrons. The molecular weight excluding hydrogens is 451 g/mol. The number of rotatable bonds is 9. The van der Waals surface area contributed by atoms with Crippen LogP contribution in [0.2, 0.25) is 0 Å². The number of benzene rings is 1. The van der Waals surface area contributed by atoms with Crippen molar-refractivity contribution < 1.29 is 14.0 Å². The molecule has 2 fully saturated rings. The van der Waals surface area contributed by atoms with E-state index in [1.807, 2.05) is 10.3 Å². The highest BCUT2D eigenvalue weighted by Gasteiger charge is 2.29. The highest BCUT2D eigenvalue weighted by Crippen LogP contribution is 2.31. The van der Waals surface area contributed by atoms with Crippen molar-refractivity contribution in [3.8, 4) is 0 Å². The quantitative estimate of drug-likeness (QED) is 0.504. The van der Waals surface area contributed by atoms with Crippen molar-refractivity contribution in [1.29, 1.82) is 0 Å². The summed E-state index contributed by atoms with van der Waals surface area (Å²) in [5.74, 6) is 0.116. The molecule has 6 nitrogen and oxygen atoms in total. The van der Waals surface area contributed by atoms with Crippen LogP contribution < -0.4 is 0 Å². The zero-order valence-electron chi connectivity index (χ0n) is 20.0. The number of likely N-dealkylation sites (tertiary alicyclic amines) is 1. The van der Waals surface area contributed by atoms with Crippen LogP contribution >= 0.6 is 11.3 Å². The number of hydrogen-bond acceptors (Lipinski definition) is 6. The van der Waals surface area contributed by atoms with Gasteiger partial charge in [0.15, 0.2) is 0 Å². The molecule has 2 aliphatic heterocycles. The lowest BCUT2D eigenvalue weighted by Crippen LogP contribution is -2.48. The third-order valence-electron chi connectivity index (χ3n) is 7.09. The Morgan fingerprint density at radius 1 is 1.15 bits per heavy atom. The van der Waals surface area contributed by atoms with Gasteiger partial charge in [-0.1, -0.05) is 25.5 Å². The highest BCUT2D eigenvalue weighted by atomic mass is 32.1. The molecule has 1 aromatic heterocycles. The Bertz CT molecular complexity index is 935. The van der Waals surface area contributed by atoms with Crippen LogP contribution in [-0.2, 0) is 11.2 Å². The number of thiazole rings is 1. The molecule has 1 amide bonds. The summed E-state index contributed by atoms with van der Waals surface area (Å²) < 4.78 is 13.2. The second-order valence-corrected chi connectivity index (χ2v) is 10.3. The number of piperidine rings is 1. The third kappa shape index (κ3) is 6.29. The highest BCUT2D eigenvalue weighted by molar-refractivity contribution is 7.09. The van der Waals surface area contributed by atoms with E-state index in [4.69, 9.17) is 4.98 Å². The van der Waals surface area contributed by atoms with Crippen LogP contribution in [0.5, 0.6) is 0 Å². The first-order valence-corrected chi connectivity index (χ1v) is 13.4. The predicted molar refractivity (Wildman–Crippen MR) is 133 cm³/mol. The van der Waals surface area contributed by atoms with Gasteiger partial charge in [-0.25, -0.2) is 9.37 Å². The molecule has 1 unspecified atom stereocenters. The summed E-state index contributed by atoms with van der Waals surface area (Å²) >= 11 is 1.59. The number of amides is 1. The standard InChI is InChI=1S/C26H35FN4O2S/c1-2-3-10-29-13-15-31(16-14-29)26(33)24-19-34-25(28-24)21-8-11-30(12-9-21)23(18-32)17-20-4-6-22(27)7-5-20/h4-7,18-19,21,23H,2-3,8-17H2,1H3. The van der Waals surface area contributed by atoms with Crippen molar-refractivity contribution in [1.82, 2.24) is 19.7 Å². The summed E-state index contributed by atoms with van der Waals surface area (Å²) in [7, 11) is 0. The second-order valence-electron chi connectivity index (χ2n) is 9.40. The SMILES string of the molecule is CCCCN1CCN(C(=O)c2csc(C3CCN(C(C=O)Cc4ccc(F)cc4)CC3)n2)CC1. The number of unbranched alkanes of at least 4 members (excludes halogenated alkanes) is 1. The van der Waals surface area contributed by atoms with E-state index in [2.05, 4.69) is 16.7 Å². The van der Waals surface area contributed by atoms with Crippen LogP contribution in [0.4, 0.5) is 4.39 Å². The number of carbonyl (C=O) groups is 2. The summed E-state index contributed by atoms with van der Waals surface area (Å²) in [5, 5.41) is 2.95. The number of carbonyl (C=O) groups excluding carboxylic acids is 2. The van der Waals surface area contributed by atoms with Crippen LogP contribution in [0.15, 0.2) is 29.6 Å². The maximum atomic E-state index is 13.2. The smallest absolute Gasteiger partial charge is 0.273 e. The van der Waals surface area contributed by atoms with Crippen LogP contribution in [0.25, 0.3) is 0 Å². The van der Waals surface area contributed by atoms with E-state index >= 15 is 0 Å². The molecule has 34 heavy (non-hydrogen) atoms. The van der Waals surface area contributed by atoms with E-state index in [0.29, 0.717) is 18.0 Å². The third-order valence-corrected chi connectivity index (χ3v) is 8.10. The molecule has 0 bridgehead atoms. The lowest BCUT2D eigenvalue weighted by Gasteiger charge is -2.35. The van der Waals surface area contributed by atoms with Crippen molar-refractivity contribution in [2.45, 2.75) is 51.0 Å². The number of hydrogen-bond donors (Lipinski definition) is 0. The fourth-order valence-electron chi connectivity index (χ4n) is 4.89. The van der Waals surface area contributed by atoms with E-state index in [1.165, 1.54) is 25.0 Å². The van der Waals surface area contributed by atoms with Crippen molar-refractivity contribution in [3.05, 3.63) is 51.7 Å². The molecule has 0 saturated carbocycles. The fraction of sp³-hybridized carbons (Fsp3) is 0.577. The summed E-state index contributed by atoms with van der Waals surface area (Å²) in [5.41, 5.74) is 1.54. The van der Waals surface area contributed by atoms with Crippen molar-refractivity contribution in [2.75, 3.05) is 45.8 Å². The Morgan fingerprint density at radius 3 is 2.50 bits per heavy atom. The van der Waals surface area contributed by atoms with Gasteiger partial charge in [0.1, 0.15) is 17.8 Å². The van der Waals surface area contributed by atoms with Crippen molar-refractivity contribution in [2.24, 2.45) is 0 Å². The summed E-state index contributed by atoms with van der Waals surface area (Å²) in [6, 6.07) is 6.18. The topological polar surface area (TPSA) is 56.8 Å². The van der Waals surface area contributed by atoms with Crippen LogP contribution in [0.1, 0.15) is 59.6 Å². The molecule has 2 aliphatic rings. The Labute approximate surface area is 205 Å². The van der Waals surface area contributed by atoms with E-state index in [0.717, 1.165) is 75.5 Å². The molecule has 2 aromatic rings. The van der Waals surface area contributed by atoms with Crippen LogP contribution in [0.3, 0.4) is 0 Å². The van der Waals surface area contributed by atoms with Gasteiger partial charge in [-0.15, -0.1) is 11.3 Å². The lowest BCUT2D eigenvalue weighted by atomic mass is 9.95. The normalized spacial score (nSPS) is 19.3. The van der Waals surface area contributed by atoms with E-state index in [-0.39, 0.29) is 17.8 Å². The Balaban J connectivity index is 1.27. The van der Waals surface area contributed by atoms with Gasteiger partial charge in [-0.3, -0.25) is 14.6 Å². The molecule has 184 valence electrons. The first-order chi connectivity index (χ1) is 16.6. The molecule has 0 aliphatic carbocycles. The first-order valence-electron chi connectivity index (χ1n) is 12.5. The van der Waals surface area contributed by atoms with Gasteiger partial charge < -0.3 is 9.69 Å². The van der Waals surface area contributed by atoms with Gasteiger partial charge in [-0.2, -0.15) is 0 Å². The maximum Gasteiger partial charge on any atom is 0.273 e. The van der Waals surface area contributed by atoms with Gasteiger partial charge in [0.25, 0.3) is 5.91 Å². The molecule has 8 heteroatoms. The van der Waals surface area contributed by atoms with Gasteiger partial charge in [-0.05, 0) is 63.0 Å². The molecule has 1 atom stereocenters. The van der Waals surface area contributed by atoms with Gasteiger partial charge >= 0.3 is 0 Å². The second kappa shape index (κ2) is 12.0. The predicted octanol–water partition coefficient (Wildman–Crippen LogP) is 3.83. The summed E-state index contributed by atoms with van der Waals surface area (Å²) in [6.07, 6.45) is 5.85. The van der Waals surface area contributed by atoms with Gasteiger partial charge in [0.05, 0.1) is 11.0 Å². The number of piperazine rings is 1. The molecule has 0 spiro atoms. The van der Waals surface area contributed by atoms with E-state index < -0.39 is 0 Å². The zero-order chi connectivity index (χ0) is 23.9. The minimum atomic E-state index is -0.261. The van der Waals surface area contributed by atoms with Gasteiger partial charge in [0.2, 0.25) is 0 Å². The average molecular weight is 487 g/mol. The van der Waals surface area contributed by atoms with Crippen molar-refractivity contribution in [3.63, 3.8) is 0 Å². The molecule has 1 aromatic carbocycles. The minimum Gasteiger partial charge on any atom is -0.335 e. The summed E-state index contributed by atoms with van der Waals surface area (Å²) in [6.45, 7) is 8.39. The molecular formula is C26H35FN4O2S. The van der Waals surface area contributed by atoms with E-state index in [9.17, 15) is 14.0 Å². The molecule has 2 saturated heterocycles. The van der Waals surface area contributed by atoms with Crippen LogP contribution in [0, 0.1) is 5.82 Å². The number of nitrogens with zero attached hydrogens (tertiary/aromatic N) is 4. The molecule has 0 N–H and O–H groups in total. The maximum absolute atomic E-state index is 13.2. The average Bonchev–Trinajstić information content (AvgIpc) is 3.37. The Kier molecular flexibility index (Phi) is 8.80. The molecule has 3 heterocycles. The van der Waals surface area contributed by atoms with E-state index in [1.54, 1.807) is 23.5 Å². The Hall–Kier alpha value is -2.16. The molecule has 4 rings (SSSR count). The monoisotopic (exact) mass is 486 g/mol. The fourth-order valence-corrected chi connectivity index (χ4v) is 5.86. The number of halogens is 1.